The molecule has 6 heteroatoms. The summed E-state index contributed by atoms with van der Waals surface area (Å²) in [6.07, 6.45) is 43.6. The van der Waals surface area contributed by atoms with Crippen LogP contribution < -0.4 is 0 Å². The van der Waals surface area contributed by atoms with E-state index in [0.29, 0.717) is 30.9 Å². The number of ether oxygens (including phenoxy) is 2. The first-order valence-corrected chi connectivity index (χ1v) is 26.5. The van der Waals surface area contributed by atoms with Crippen molar-refractivity contribution in [2.75, 3.05) is 0 Å². The smallest absolute Gasteiger partial charge is 0.306 e. The number of allylic oxidation sites excluding steroid dienone is 2. The highest BCUT2D eigenvalue weighted by Gasteiger charge is 2.24. The van der Waals surface area contributed by atoms with E-state index in [1.807, 2.05) is 0 Å². The van der Waals surface area contributed by atoms with Crippen LogP contribution in [0.1, 0.15) is 279 Å². The number of thioether (sulfide) groups is 1. The summed E-state index contributed by atoms with van der Waals surface area (Å²) in [4.78, 5) is 39.7. The molecule has 5 nitrogen and oxygen atoms in total. The van der Waals surface area contributed by atoms with Gasteiger partial charge in [-0.3, -0.25) is 14.4 Å². The fourth-order valence-electron chi connectivity index (χ4n) is 8.64. The molecule has 0 aliphatic heterocycles. The van der Waals surface area contributed by atoms with E-state index in [4.69, 9.17) is 9.47 Å². The molecule has 0 bridgehead atoms. The maximum Gasteiger partial charge on any atom is 0.306 e. The SMILES string of the molecule is CCCCCCCC(CCCCCCC)OC(=O)CCCC=C(CCCC(=O)OC(CCCCCCC)CCCCCCC)CC(=O)SC1CCC(CCCC)CC1. The topological polar surface area (TPSA) is 69.7 Å². The largest absolute Gasteiger partial charge is 0.462 e. The highest BCUT2D eigenvalue weighted by molar-refractivity contribution is 8.14. The maximum atomic E-state index is 13.5. The second-order valence-corrected chi connectivity index (χ2v) is 19.5. The van der Waals surface area contributed by atoms with Crippen molar-refractivity contribution in [2.45, 2.75) is 296 Å². The van der Waals surface area contributed by atoms with Crippen LogP contribution in [-0.4, -0.2) is 34.5 Å². The van der Waals surface area contributed by atoms with E-state index in [9.17, 15) is 14.4 Å². The van der Waals surface area contributed by atoms with Crippen LogP contribution in [0.5, 0.6) is 0 Å². The quantitative estimate of drug-likeness (QED) is 0.0348. The first kappa shape index (κ1) is 54.7. The molecule has 0 aromatic rings. The molecule has 1 rings (SSSR count). The average Bonchev–Trinajstić information content (AvgIpc) is 3.21. The van der Waals surface area contributed by atoms with Crippen molar-refractivity contribution in [3.63, 3.8) is 0 Å². The lowest BCUT2D eigenvalue weighted by atomic mass is 9.85. The second kappa shape index (κ2) is 39.8. The average molecular weight is 833 g/mol. The molecule has 1 aliphatic rings. The highest BCUT2D eigenvalue weighted by atomic mass is 32.2. The van der Waals surface area contributed by atoms with Gasteiger partial charge in [0.05, 0.1) is 0 Å². The predicted molar refractivity (Wildman–Crippen MR) is 252 cm³/mol. The zero-order valence-electron chi connectivity index (χ0n) is 39.2. The van der Waals surface area contributed by atoms with E-state index in [0.717, 1.165) is 95.0 Å². The summed E-state index contributed by atoms with van der Waals surface area (Å²) in [6, 6.07) is 0. The van der Waals surface area contributed by atoms with E-state index >= 15 is 0 Å². The number of hydrogen-bond acceptors (Lipinski definition) is 6. The molecule has 1 saturated carbocycles. The summed E-state index contributed by atoms with van der Waals surface area (Å²) >= 11 is 1.57. The zero-order chi connectivity index (χ0) is 42.3. The van der Waals surface area contributed by atoms with Gasteiger partial charge in [0.25, 0.3) is 0 Å². The third-order valence-electron chi connectivity index (χ3n) is 12.4. The molecule has 0 aromatic heterocycles. The van der Waals surface area contributed by atoms with Gasteiger partial charge in [0.2, 0.25) is 0 Å². The van der Waals surface area contributed by atoms with Crippen LogP contribution in [0.2, 0.25) is 0 Å². The predicted octanol–water partition coefficient (Wildman–Crippen LogP) is 16.9. The number of esters is 2. The Morgan fingerprint density at radius 1 is 0.500 bits per heavy atom. The van der Waals surface area contributed by atoms with Crippen LogP contribution in [0.3, 0.4) is 0 Å². The van der Waals surface area contributed by atoms with Gasteiger partial charge in [-0.1, -0.05) is 180 Å². The lowest BCUT2D eigenvalue weighted by molar-refractivity contribution is -0.151. The minimum Gasteiger partial charge on any atom is -0.462 e. The van der Waals surface area contributed by atoms with Crippen LogP contribution in [0.4, 0.5) is 0 Å². The van der Waals surface area contributed by atoms with E-state index in [1.165, 1.54) is 135 Å². The van der Waals surface area contributed by atoms with Crippen molar-refractivity contribution in [3.8, 4) is 0 Å². The number of carbonyl (C=O) groups excluding carboxylic acids is 3. The van der Waals surface area contributed by atoms with Gasteiger partial charge in [0.15, 0.2) is 5.12 Å². The lowest BCUT2D eigenvalue weighted by Crippen LogP contribution is -2.18. The molecule has 0 aromatic carbocycles. The van der Waals surface area contributed by atoms with Crippen molar-refractivity contribution in [2.24, 2.45) is 5.92 Å². The van der Waals surface area contributed by atoms with Gasteiger partial charge in [-0.15, -0.1) is 0 Å². The van der Waals surface area contributed by atoms with Crippen molar-refractivity contribution >= 4 is 28.8 Å². The molecular weight excluding hydrogens is 737 g/mol. The van der Waals surface area contributed by atoms with Gasteiger partial charge >= 0.3 is 11.9 Å². The maximum absolute atomic E-state index is 13.5. The minimum absolute atomic E-state index is 0.0299. The summed E-state index contributed by atoms with van der Waals surface area (Å²) in [7, 11) is 0. The van der Waals surface area contributed by atoms with Gasteiger partial charge < -0.3 is 9.47 Å². The molecule has 1 fully saturated rings. The second-order valence-electron chi connectivity index (χ2n) is 18.1. The van der Waals surface area contributed by atoms with E-state index < -0.39 is 0 Å². The van der Waals surface area contributed by atoms with Crippen molar-refractivity contribution in [3.05, 3.63) is 11.6 Å². The molecule has 0 atom stereocenters. The fourth-order valence-corrected chi connectivity index (χ4v) is 9.78. The molecule has 1 aliphatic carbocycles. The van der Waals surface area contributed by atoms with Crippen molar-refractivity contribution in [1.82, 2.24) is 0 Å². The number of rotatable bonds is 40. The summed E-state index contributed by atoms with van der Waals surface area (Å²) in [5.41, 5.74) is 1.12. The Hall–Kier alpha value is -1.30. The Balaban J connectivity index is 2.78. The van der Waals surface area contributed by atoms with Crippen LogP contribution in [0.15, 0.2) is 11.6 Å². The Morgan fingerprint density at radius 2 is 0.914 bits per heavy atom. The number of unbranched alkanes of at least 4 members (excludes halogenated alkanes) is 18. The molecule has 0 saturated heterocycles. The Morgan fingerprint density at radius 3 is 1.34 bits per heavy atom. The number of hydrogen-bond donors (Lipinski definition) is 0. The van der Waals surface area contributed by atoms with Crippen LogP contribution >= 0.6 is 11.8 Å². The third-order valence-corrected chi connectivity index (χ3v) is 13.7. The van der Waals surface area contributed by atoms with Gasteiger partial charge in [-0.05, 0) is 109 Å². The normalized spacial score (nSPS) is 16.0. The summed E-state index contributed by atoms with van der Waals surface area (Å²) < 4.78 is 12.2. The molecular formula is C52H96O5S. The molecule has 0 heterocycles. The first-order valence-electron chi connectivity index (χ1n) is 25.6. The first-order chi connectivity index (χ1) is 28.3. The number of carbonyl (C=O) groups is 3. The zero-order valence-corrected chi connectivity index (χ0v) is 40.0. The molecule has 0 spiro atoms. The van der Waals surface area contributed by atoms with E-state index in [1.54, 1.807) is 11.8 Å². The summed E-state index contributed by atoms with van der Waals surface area (Å²) in [6.45, 7) is 11.3. The summed E-state index contributed by atoms with van der Waals surface area (Å²) in [5, 5.41) is 0.695. The Kier molecular flexibility index (Phi) is 37.6. The molecule has 340 valence electrons. The van der Waals surface area contributed by atoms with Crippen LogP contribution in [-0.2, 0) is 23.9 Å². The van der Waals surface area contributed by atoms with Gasteiger partial charge in [-0.2, -0.15) is 0 Å². The van der Waals surface area contributed by atoms with Crippen LogP contribution in [0.25, 0.3) is 0 Å². The van der Waals surface area contributed by atoms with Gasteiger partial charge in [0.1, 0.15) is 12.2 Å². The lowest BCUT2D eigenvalue weighted by Gasteiger charge is -2.27. The van der Waals surface area contributed by atoms with Crippen molar-refractivity contribution in [1.29, 1.82) is 0 Å². The molecule has 0 amide bonds. The van der Waals surface area contributed by atoms with Gasteiger partial charge in [-0.25, -0.2) is 0 Å². The molecule has 0 radical (unpaired) electrons. The molecule has 0 N–H and O–H groups in total. The van der Waals surface area contributed by atoms with Gasteiger partial charge in [0, 0.05) is 24.5 Å². The van der Waals surface area contributed by atoms with Crippen molar-refractivity contribution < 1.29 is 23.9 Å². The fraction of sp³-hybridized carbons (Fsp3) is 0.904. The van der Waals surface area contributed by atoms with Crippen LogP contribution in [0, 0.1) is 5.92 Å². The summed E-state index contributed by atoms with van der Waals surface area (Å²) in [5.74, 6) is 0.679. The standard InChI is InChI=1S/C52H96O5S/c1-6-11-16-20-24-34-47(35-25-21-17-12-7-2)56-50(53)38-29-28-32-46(44-52(55)58-49-42-40-45(41-43-49)31-15-10-5)33-30-39-51(54)57-48(36-26-22-18-13-8-3)37-27-23-19-14-9-4/h32,45,47-49H,6-31,33-44H2,1-5H3. The monoisotopic (exact) mass is 833 g/mol. The molecule has 58 heavy (non-hydrogen) atoms. The Bertz CT molecular complexity index is 974. The third kappa shape index (κ3) is 32.5. The Labute approximate surface area is 364 Å². The van der Waals surface area contributed by atoms with E-state index in [-0.39, 0.29) is 29.3 Å². The molecule has 0 unspecified atom stereocenters. The minimum atomic E-state index is -0.0833. The highest BCUT2D eigenvalue weighted by Crippen LogP contribution is 2.36. The van der Waals surface area contributed by atoms with E-state index in [2.05, 4.69) is 40.7 Å².